The van der Waals surface area contributed by atoms with Crippen LogP contribution in [0.25, 0.3) is 0 Å². The van der Waals surface area contributed by atoms with Gasteiger partial charge in [-0.05, 0) is 13.0 Å². The van der Waals surface area contributed by atoms with Gasteiger partial charge in [0.2, 0.25) is 0 Å². The summed E-state index contributed by atoms with van der Waals surface area (Å²) in [5, 5.41) is 0. The average molecular weight is 361 g/mol. The van der Waals surface area contributed by atoms with Gasteiger partial charge in [-0.1, -0.05) is 65.5 Å². The Morgan fingerprint density at radius 2 is 1.19 bits per heavy atom. The lowest BCUT2D eigenvalue weighted by molar-refractivity contribution is -0.138. The van der Waals surface area contributed by atoms with E-state index in [4.69, 9.17) is 4.74 Å². The normalized spacial score (nSPS) is 14.0. The lowest BCUT2D eigenvalue weighted by Gasteiger charge is -2.57. The zero-order valence-electron chi connectivity index (χ0n) is 15.9. The Kier molecular flexibility index (Phi) is 6.70. The molecule has 21 heavy (non-hydrogen) atoms. The molecule has 0 aliphatic heterocycles. The van der Waals surface area contributed by atoms with Gasteiger partial charge in [-0.2, -0.15) is 0 Å². The van der Waals surface area contributed by atoms with Crippen LogP contribution in [0.4, 0.5) is 0 Å². The summed E-state index contributed by atoms with van der Waals surface area (Å²) in [6, 6.07) is 0.979. The van der Waals surface area contributed by atoms with Gasteiger partial charge in [0, 0.05) is 35.0 Å². The number of carbonyl (C=O) groups excluding carboxylic acids is 1. The SMILES string of the molecule is C=C(C[Si]([Si](C)(C)C)([Si](C)(C)C)[Si](C)(C)C)C(=O)OCC. The largest absolute Gasteiger partial charge is 0.463 e. The molecule has 0 atom stereocenters. The number of rotatable bonds is 7. The number of ether oxygens (including phenoxy) is 1. The molecule has 0 heterocycles. The molecule has 0 saturated carbocycles. The molecule has 0 radical (unpaired) electrons. The topological polar surface area (TPSA) is 26.3 Å². The lowest BCUT2D eigenvalue weighted by Crippen LogP contribution is -2.82. The predicted molar refractivity (Wildman–Crippen MR) is 106 cm³/mol. The van der Waals surface area contributed by atoms with Crippen LogP contribution in [0.3, 0.4) is 0 Å². The highest BCUT2D eigenvalue weighted by atomic mass is 29.9. The van der Waals surface area contributed by atoms with E-state index in [1.165, 1.54) is 0 Å². The van der Waals surface area contributed by atoms with Crippen LogP contribution >= 0.6 is 0 Å². The van der Waals surface area contributed by atoms with Crippen molar-refractivity contribution < 1.29 is 9.53 Å². The van der Waals surface area contributed by atoms with Gasteiger partial charge in [0.25, 0.3) is 0 Å². The van der Waals surface area contributed by atoms with Crippen molar-refractivity contribution in [3.63, 3.8) is 0 Å². The van der Waals surface area contributed by atoms with Gasteiger partial charge in [-0.15, -0.1) is 0 Å². The standard InChI is InChI=1S/C15H36O2Si4/c1-12-17-15(16)14(2)13-21(18(3,4)5,19(6,7)8)20(9,10)11/h2,12-13H2,1,3-11H3. The molecule has 0 amide bonds. The Balaban J connectivity index is 5.96. The molecule has 0 saturated heterocycles. The first kappa shape index (κ1) is 21.1. The third-order valence-corrected chi connectivity index (χ3v) is 78.7. The van der Waals surface area contributed by atoms with Crippen molar-refractivity contribution >= 4 is 35.4 Å². The lowest BCUT2D eigenvalue weighted by atomic mass is 10.4. The molecule has 6 heteroatoms. The van der Waals surface area contributed by atoms with E-state index < -0.39 is 29.4 Å². The molecular formula is C15H36O2Si4. The molecule has 0 aromatic carbocycles. The van der Waals surface area contributed by atoms with Crippen LogP contribution < -0.4 is 0 Å². The molecule has 0 bridgehead atoms. The molecule has 124 valence electrons. The number of esters is 1. The van der Waals surface area contributed by atoms with Gasteiger partial charge < -0.3 is 4.74 Å². The van der Waals surface area contributed by atoms with E-state index >= 15 is 0 Å². The maximum absolute atomic E-state index is 12.1. The van der Waals surface area contributed by atoms with Gasteiger partial charge in [-0.3, -0.25) is 0 Å². The van der Waals surface area contributed by atoms with E-state index in [1.807, 2.05) is 6.92 Å². The number of hydrogen-bond donors (Lipinski definition) is 0. The Morgan fingerprint density at radius 3 is 1.43 bits per heavy atom. The monoisotopic (exact) mass is 360 g/mol. The van der Waals surface area contributed by atoms with Crippen LogP contribution in [0.1, 0.15) is 6.92 Å². The molecule has 0 N–H and O–H groups in total. The van der Waals surface area contributed by atoms with Crippen molar-refractivity contribution in [2.24, 2.45) is 0 Å². The van der Waals surface area contributed by atoms with E-state index in [0.717, 1.165) is 11.6 Å². The molecule has 0 unspecified atom stereocenters. The number of hydrogen-bond acceptors (Lipinski definition) is 2. The van der Waals surface area contributed by atoms with Crippen molar-refractivity contribution in [3.05, 3.63) is 12.2 Å². The van der Waals surface area contributed by atoms with Crippen molar-refractivity contribution in [1.29, 1.82) is 0 Å². The maximum atomic E-state index is 12.1. The summed E-state index contributed by atoms with van der Waals surface area (Å²) >= 11 is 0. The van der Waals surface area contributed by atoms with Crippen LogP contribution in [-0.4, -0.2) is 42.0 Å². The molecule has 0 aliphatic rings. The maximum Gasteiger partial charge on any atom is 0.333 e. The summed E-state index contributed by atoms with van der Waals surface area (Å²) in [7, 11) is -4.04. The summed E-state index contributed by atoms with van der Waals surface area (Å²) < 4.78 is 5.22. The fraction of sp³-hybridized carbons (Fsp3) is 0.800. The molecule has 0 aliphatic carbocycles. The van der Waals surface area contributed by atoms with Crippen LogP contribution in [-0.2, 0) is 9.53 Å². The van der Waals surface area contributed by atoms with E-state index in [-0.39, 0.29) is 5.97 Å². The minimum Gasteiger partial charge on any atom is -0.463 e. The summed E-state index contributed by atoms with van der Waals surface area (Å²) in [5.41, 5.74) is 0.746. The van der Waals surface area contributed by atoms with Crippen molar-refractivity contribution in [2.45, 2.75) is 71.9 Å². The van der Waals surface area contributed by atoms with Crippen molar-refractivity contribution in [3.8, 4) is 0 Å². The molecule has 0 aromatic heterocycles. The first-order chi connectivity index (χ1) is 9.12. The molecule has 0 fully saturated rings. The first-order valence-corrected chi connectivity index (χ1v) is 23.7. The highest BCUT2D eigenvalue weighted by Gasteiger charge is 2.61. The summed E-state index contributed by atoms with van der Waals surface area (Å²) in [5.74, 6) is -0.163. The third-order valence-electron chi connectivity index (χ3n) is 4.88. The molecule has 0 aromatic rings. The second kappa shape index (κ2) is 6.68. The predicted octanol–water partition coefficient (Wildman–Crippen LogP) is 4.80. The highest BCUT2D eigenvalue weighted by Crippen LogP contribution is 2.41. The molecule has 2 nitrogen and oxygen atoms in total. The van der Waals surface area contributed by atoms with Gasteiger partial charge in [0.15, 0.2) is 0 Å². The zero-order chi connectivity index (χ0) is 17.3. The van der Waals surface area contributed by atoms with Gasteiger partial charge in [0.05, 0.1) is 6.61 Å². The molecule has 0 rings (SSSR count). The van der Waals surface area contributed by atoms with Crippen molar-refractivity contribution in [1.82, 2.24) is 0 Å². The van der Waals surface area contributed by atoms with Crippen LogP contribution in [0.15, 0.2) is 12.2 Å². The Hall–Kier alpha value is 0.0775. The fourth-order valence-corrected chi connectivity index (χ4v) is 102. The summed E-state index contributed by atoms with van der Waals surface area (Å²) in [6.07, 6.45) is 0. The van der Waals surface area contributed by atoms with Crippen molar-refractivity contribution in [2.75, 3.05) is 6.61 Å². The Labute approximate surface area is 135 Å². The van der Waals surface area contributed by atoms with Gasteiger partial charge in [0.1, 0.15) is 0 Å². The van der Waals surface area contributed by atoms with E-state index in [9.17, 15) is 4.79 Å². The fourth-order valence-electron chi connectivity index (χ4n) is 4.80. The van der Waals surface area contributed by atoms with Crippen LogP contribution in [0.2, 0.25) is 65.0 Å². The first-order valence-electron chi connectivity index (χ1n) is 7.96. The quantitative estimate of drug-likeness (QED) is 0.370. The van der Waals surface area contributed by atoms with Gasteiger partial charge in [-0.25, -0.2) is 4.79 Å². The second-order valence-electron chi connectivity index (χ2n) is 9.16. The second-order valence-corrected chi connectivity index (χ2v) is 50.5. The van der Waals surface area contributed by atoms with Crippen LogP contribution in [0.5, 0.6) is 0 Å². The molecule has 0 spiro atoms. The number of carbonyl (C=O) groups is 1. The van der Waals surface area contributed by atoms with Gasteiger partial charge >= 0.3 is 5.97 Å². The summed E-state index contributed by atoms with van der Waals surface area (Å²) in [6.45, 7) is 27.7. The summed E-state index contributed by atoms with van der Waals surface area (Å²) in [4.78, 5) is 12.1. The zero-order valence-corrected chi connectivity index (χ0v) is 19.9. The van der Waals surface area contributed by atoms with E-state index in [2.05, 4.69) is 65.5 Å². The molecular weight excluding hydrogens is 325 g/mol. The van der Waals surface area contributed by atoms with E-state index in [1.54, 1.807) is 0 Å². The van der Waals surface area contributed by atoms with Crippen LogP contribution in [0, 0.1) is 0 Å². The third kappa shape index (κ3) is 4.30. The smallest absolute Gasteiger partial charge is 0.333 e. The van der Waals surface area contributed by atoms with E-state index in [0.29, 0.717) is 6.61 Å². The Bertz CT molecular complexity index is 361. The minimum absolute atomic E-state index is 0.163. The highest BCUT2D eigenvalue weighted by molar-refractivity contribution is 7.89. The minimum atomic E-state index is -1.54. The average Bonchev–Trinajstić information content (AvgIpc) is 2.20. The Morgan fingerprint density at radius 1 is 0.857 bits per heavy atom.